The number of hydrogen-bond donors (Lipinski definition) is 2. The van der Waals surface area contributed by atoms with E-state index in [-0.39, 0.29) is 17.2 Å². The Balaban J connectivity index is 1.55. The van der Waals surface area contributed by atoms with Crippen LogP contribution in [0.2, 0.25) is 0 Å². The maximum atomic E-state index is 12.6. The fourth-order valence-corrected chi connectivity index (χ4v) is 3.86. The van der Waals surface area contributed by atoms with Crippen LogP contribution < -0.4 is 20.1 Å². The predicted molar refractivity (Wildman–Crippen MR) is 135 cm³/mol. The van der Waals surface area contributed by atoms with E-state index < -0.39 is 18.5 Å². The standard InChI is InChI=1S/C26H26N2O6S/c1-17-8-10-18(11-9-17)27-25(30)16-35-23-7-5-4-6-22(23)26(31)34-15-24(29)28-19-12-20(32-2)14-21(13-19)33-3/h4-14H,15-16H2,1-3H3,(H,27,30)(H,28,29). The van der Waals surface area contributed by atoms with Crippen LogP contribution in [0, 0.1) is 6.92 Å². The van der Waals surface area contributed by atoms with Gasteiger partial charge in [0.05, 0.1) is 25.5 Å². The minimum atomic E-state index is -0.662. The van der Waals surface area contributed by atoms with E-state index >= 15 is 0 Å². The average molecular weight is 495 g/mol. The minimum absolute atomic E-state index is 0.107. The zero-order valence-corrected chi connectivity index (χ0v) is 20.4. The van der Waals surface area contributed by atoms with Gasteiger partial charge in [-0.2, -0.15) is 0 Å². The molecule has 0 radical (unpaired) electrons. The molecule has 0 saturated carbocycles. The molecule has 0 aliphatic carbocycles. The zero-order valence-electron chi connectivity index (χ0n) is 19.6. The van der Waals surface area contributed by atoms with Crippen molar-refractivity contribution in [2.24, 2.45) is 0 Å². The Kier molecular flexibility index (Phi) is 9.14. The summed E-state index contributed by atoms with van der Waals surface area (Å²) in [7, 11) is 3.01. The Bertz CT molecular complexity index is 1170. The first-order chi connectivity index (χ1) is 16.9. The van der Waals surface area contributed by atoms with Crippen LogP contribution in [0.25, 0.3) is 0 Å². The van der Waals surface area contributed by atoms with Crippen LogP contribution >= 0.6 is 11.8 Å². The summed E-state index contributed by atoms with van der Waals surface area (Å²) in [6, 6.07) is 19.2. The number of amides is 2. The number of nitrogens with one attached hydrogen (secondary N) is 2. The lowest BCUT2D eigenvalue weighted by Crippen LogP contribution is -2.21. The third-order valence-corrected chi connectivity index (χ3v) is 5.84. The number of esters is 1. The van der Waals surface area contributed by atoms with Gasteiger partial charge in [-0.25, -0.2) is 4.79 Å². The fourth-order valence-electron chi connectivity index (χ4n) is 3.02. The number of carbonyl (C=O) groups is 3. The van der Waals surface area contributed by atoms with E-state index in [4.69, 9.17) is 14.2 Å². The molecule has 0 fully saturated rings. The maximum Gasteiger partial charge on any atom is 0.339 e. The van der Waals surface area contributed by atoms with Gasteiger partial charge in [0, 0.05) is 34.5 Å². The van der Waals surface area contributed by atoms with Gasteiger partial charge < -0.3 is 24.8 Å². The lowest BCUT2D eigenvalue weighted by Gasteiger charge is -2.11. The fraction of sp³-hybridized carbons (Fsp3) is 0.192. The van der Waals surface area contributed by atoms with Crippen molar-refractivity contribution in [2.75, 3.05) is 37.2 Å². The monoisotopic (exact) mass is 494 g/mol. The molecule has 2 N–H and O–H groups in total. The van der Waals surface area contributed by atoms with Crippen LogP contribution in [-0.2, 0) is 14.3 Å². The van der Waals surface area contributed by atoms with E-state index in [9.17, 15) is 14.4 Å². The number of carbonyl (C=O) groups excluding carboxylic acids is 3. The molecule has 3 rings (SSSR count). The molecule has 0 saturated heterocycles. The van der Waals surface area contributed by atoms with Crippen molar-refractivity contribution >= 4 is 40.9 Å². The Morgan fingerprint density at radius 1 is 0.800 bits per heavy atom. The largest absolute Gasteiger partial charge is 0.497 e. The number of hydrogen-bond acceptors (Lipinski definition) is 7. The summed E-state index contributed by atoms with van der Waals surface area (Å²) in [5.41, 5.74) is 2.52. The molecule has 0 unspecified atom stereocenters. The first-order valence-electron chi connectivity index (χ1n) is 10.7. The lowest BCUT2D eigenvalue weighted by atomic mass is 10.2. The molecule has 0 heterocycles. The lowest BCUT2D eigenvalue weighted by molar-refractivity contribution is -0.119. The molecule has 0 aliphatic rings. The summed E-state index contributed by atoms with van der Waals surface area (Å²) < 4.78 is 15.6. The second-order valence-corrected chi connectivity index (χ2v) is 8.44. The zero-order chi connectivity index (χ0) is 25.2. The molecular weight excluding hydrogens is 468 g/mol. The normalized spacial score (nSPS) is 10.3. The Morgan fingerprint density at radius 3 is 2.09 bits per heavy atom. The van der Waals surface area contributed by atoms with Crippen molar-refractivity contribution in [3.63, 3.8) is 0 Å². The summed E-state index contributed by atoms with van der Waals surface area (Å²) in [4.78, 5) is 37.8. The van der Waals surface area contributed by atoms with E-state index in [1.54, 1.807) is 42.5 Å². The predicted octanol–water partition coefficient (Wildman–Crippen LogP) is 4.54. The SMILES string of the molecule is COc1cc(NC(=O)COC(=O)c2ccccc2SCC(=O)Nc2ccc(C)cc2)cc(OC)c1. The number of methoxy groups -OCH3 is 2. The molecule has 8 nitrogen and oxygen atoms in total. The van der Waals surface area contributed by atoms with Crippen LogP contribution in [0.3, 0.4) is 0 Å². The molecule has 182 valence electrons. The molecule has 3 aromatic rings. The van der Waals surface area contributed by atoms with Crippen molar-refractivity contribution < 1.29 is 28.6 Å². The van der Waals surface area contributed by atoms with Gasteiger partial charge in [0.25, 0.3) is 5.91 Å². The number of aryl methyl sites for hydroxylation is 1. The van der Waals surface area contributed by atoms with Crippen molar-refractivity contribution in [3.05, 3.63) is 77.9 Å². The van der Waals surface area contributed by atoms with Crippen LogP contribution in [-0.4, -0.2) is 44.4 Å². The quantitative estimate of drug-likeness (QED) is 0.315. The summed E-state index contributed by atoms with van der Waals surface area (Å²) >= 11 is 1.21. The summed E-state index contributed by atoms with van der Waals surface area (Å²) in [6.07, 6.45) is 0. The van der Waals surface area contributed by atoms with E-state index in [0.29, 0.717) is 27.8 Å². The summed E-state index contributed by atoms with van der Waals surface area (Å²) in [5.74, 6) is -0.254. The smallest absolute Gasteiger partial charge is 0.339 e. The van der Waals surface area contributed by atoms with Crippen LogP contribution in [0.5, 0.6) is 11.5 Å². The van der Waals surface area contributed by atoms with Gasteiger partial charge in [-0.15, -0.1) is 11.8 Å². The molecule has 0 spiro atoms. The van der Waals surface area contributed by atoms with E-state index in [1.807, 2.05) is 31.2 Å². The second kappa shape index (κ2) is 12.5. The highest BCUT2D eigenvalue weighted by Gasteiger charge is 2.16. The molecule has 35 heavy (non-hydrogen) atoms. The third-order valence-electron chi connectivity index (χ3n) is 4.77. The number of anilines is 2. The highest BCUT2D eigenvalue weighted by molar-refractivity contribution is 8.00. The first-order valence-corrected chi connectivity index (χ1v) is 11.6. The maximum absolute atomic E-state index is 12.6. The number of ether oxygens (including phenoxy) is 3. The highest BCUT2D eigenvalue weighted by atomic mass is 32.2. The van der Waals surface area contributed by atoms with Gasteiger partial charge in [0.1, 0.15) is 11.5 Å². The van der Waals surface area contributed by atoms with Gasteiger partial charge >= 0.3 is 5.97 Å². The molecule has 2 amide bonds. The van der Waals surface area contributed by atoms with E-state index in [1.165, 1.54) is 26.0 Å². The van der Waals surface area contributed by atoms with Gasteiger partial charge in [0.15, 0.2) is 6.61 Å². The third kappa shape index (κ3) is 7.79. The van der Waals surface area contributed by atoms with Gasteiger partial charge in [-0.05, 0) is 31.2 Å². The topological polar surface area (TPSA) is 103 Å². The van der Waals surface area contributed by atoms with Crippen molar-refractivity contribution in [1.29, 1.82) is 0 Å². The number of thioether (sulfide) groups is 1. The molecular formula is C26H26N2O6S. The van der Waals surface area contributed by atoms with Gasteiger partial charge in [-0.1, -0.05) is 29.8 Å². The summed E-state index contributed by atoms with van der Waals surface area (Å²) in [5, 5.41) is 5.47. The average Bonchev–Trinajstić information content (AvgIpc) is 2.87. The van der Waals surface area contributed by atoms with Crippen molar-refractivity contribution in [1.82, 2.24) is 0 Å². The minimum Gasteiger partial charge on any atom is -0.497 e. The Hall–Kier alpha value is -3.98. The number of benzene rings is 3. The van der Waals surface area contributed by atoms with E-state index in [2.05, 4.69) is 10.6 Å². The van der Waals surface area contributed by atoms with Crippen molar-refractivity contribution in [2.45, 2.75) is 11.8 Å². The van der Waals surface area contributed by atoms with Crippen LogP contribution in [0.15, 0.2) is 71.6 Å². The number of rotatable bonds is 10. The molecule has 0 bridgehead atoms. The molecule has 0 aliphatic heterocycles. The van der Waals surface area contributed by atoms with Gasteiger partial charge in [0.2, 0.25) is 5.91 Å². The van der Waals surface area contributed by atoms with E-state index in [0.717, 1.165) is 5.56 Å². The van der Waals surface area contributed by atoms with Gasteiger partial charge in [-0.3, -0.25) is 9.59 Å². The molecule has 3 aromatic carbocycles. The van der Waals surface area contributed by atoms with Crippen molar-refractivity contribution in [3.8, 4) is 11.5 Å². The Labute approximate surface area is 208 Å². The van der Waals surface area contributed by atoms with Crippen LogP contribution in [0.1, 0.15) is 15.9 Å². The first kappa shape index (κ1) is 25.6. The second-order valence-electron chi connectivity index (χ2n) is 7.42. The molecule has 9 heteroatoms. The Morgan fingerprint density at radius 2 is 1.43 bits per heavy atom. The highest BCUT2D eigenvalue weighted by Crippen LogP contribution is 2.26. The summed E-state index contributed by atoms with van der Waals surface area (Å²) in [6.45, 7) is 1.49. The molecule has 0 atom stereocenters. The molecule has 0 aromatic heterocycles. The van der Waals surface area contributed by atoms with Crippen LogP contribution in [0.4, 0.5) is 11.4 Å².